The van der Waals surface area contributed by atoms with Crippen LogP contribution in [0.3, 0.4) is 0 Å². The standard InChI is InChI=1S/C38H44FN7O5/c1-38(2,3)51-37(49)44-25-11-12-45(19-25)32-28(39)16-26-31-34(32)50-30-15-24-10-5-4-9-23(24)14-29(30)46(31)20-27(33(26)47)35(48)42-17-21-7-6-8-22(13-21)18-43-36(40)41/h4-5,9-10,14-16,20-22,25H,6-8,11-13,17-19H2,1-3H3,(H,42,48)(H,44,49)(H4,40,41,43). The maximum atomic E-state index is 16.4. The average Bonchev–Trinajstić information content (AvgIpc) is 3.53. The van der Waals surface area contributed by atoms with Gasteiger partial charge in [-0.2, -0.15) is 0 Å². The molecule has 3 aromatic carbocycles. The zero-order chi connectivity index (χ0) is 36.0. The lowest BCUT2D eigenvalue weighted by molar-refractivity contribution is 0.0508. The summed E-state index contributed by atoms with van der Waals surface area (Å²) < 4.78 is 30.1. The SMILES string of the molecule is CC(C)(C)OC(=O)NC1CCN(c2c(F)cc3c(=O)c(C(=O)NCC4CCCC(CN=C(N)N)C4)cn4c3c2Oc2cc3ccccc3cc2-4)C1. The molecule has 3 atom stereocenters. The van der Waals surface area contributed by atoms with Crippen molar-refractivity contribution in [1.29, 1.82) is 0 Å². The fourth-order valence-electron chi connectivity index (χ4n) is 7.62. The van der Waals surface area contributed by atoms with Crippen LogP contribution in [0, 0.1) is 17.7 Å². The van der Waals surface area contributed by atoms with Crippen LogP contribution in [0.4, 0.5) is 14.9 Å². The Hall–Kier alpha value is -5.33. The van der Waals surface area contributed by atoms with Gasteiger partial charge in [-0.15, -0.1) is 0 Å². The first-order valence-electron chi connectivity index (χ1n) is 17.6. The number of hydrogen-bond donors (Lipinski definition) is 4. The summed E-state index contributed by atoms with van der Waals surface area (Å²) in [6, 6.07) is 12.5. The van der Waals surface area contributed by atoms with Crippen molar-refractivity contribution >= 4 is 45.3 Å². The van der Waals surface area contributed by atoms with Gasteiger partial charge in [0.05, 0.1) is 17.1 Å². The summed E-state index contributed by atoms with van der Waals surface area (Å²) in [7, 11) is 0. The number of aliphatic imine (C=N–C) groups is 1. The van der Waals surface area contributed by atoms with E-state index in [-0.39, 0.29) is 40.3 Å². The van der Waals surface area contributed by atoms with Crippen LogP contribution in [-0.4, -0.2) is 60.3 Å². The van der Waals surface area contributed by atoms with E-state index in [1.807, 2.05) is 41.3 Å². The summed E-state index contributed by atoms with van der Waals surface area (Å²) in [6.45, 7) is 7.06. The fraction of sp³-hybridized carbons (Fsp3) is 0.421. The number of hydrogen-bond acceptors (Lipinski definition) is 7. The molecule has 12 nitrogen and oxygen atoms in total. The van der Waals surface area contributed by atoms with E-state index in [1.165, 1.54) is 6.07 Å². The van der Waals surface area contributed by atoms with Gasteiger partial charge in [0.25, 0.3) is 5.91 Å². The second kappa shape index (κ2) is 13.4. The summed E-state index contributed by atoms with van der Waals surface area (Å²) >= 11 is 0. The number of nitrogens with one attached hydrogen (secondary N) is 2. The second-order valence-corrected chi connectivity index (χ2v) is 14.9. The van der Waals surface area contributed by atoms with Crippen molar-refractivity contribution in [1.82, 2.24) is 15.2 Å². The topological polar surface area (TPSA) is 166 Å². The van der Waals surface area contributed by atoms with Gasteiger partial charge in [0.1, 0.15) is 22.4 Å². The number of nitrogens with two attached hydrogens (primary N) is 2. The summed E-state index contributed by atoms with van der Waals surface area (Å²) in [4.78, 5) is 46.3. The number of guanidine groups is 1. The maximum Gasteiger partial charge on any atom is 0.407 e. The van der Waals surface area contributed by atoms with Crippen LogP contribution in [0.2, 0.25) is 0 Å². The normalized spacial score (nSPS) is 19.7. The molecule has 2 amide bonds. The van der Waals surface area contributed by atoms with E-state index < -0.39 is 28.8 Å². The zero-order valence-electron chi connectivity index (χ0n) is 29.1. The summed E-state index contributed by atoms with van der Waals surface area (Å²) in [5.74, 6) is 0.0638. The van der Waals surface area contributed by atoms with E-state index in [9.17, 15) is 14.4 Å². The van der Waals surface area contributed by atoms with Crippen LogP contribution < -0.4 is 37.2 Å². The molecule has 268 valence electrons. The van der Waals surface area contributed by atoms with E-state index in [2.05, 4.69) is 15.6 Å². The largest absolute Gasteiger partial charge is 0.451 e. The van der Waals surface area contributed by atoms with Gasteiger partial charge in [0.15, 0.2) is 23.3 Å². The first kappa shape index (κ1) is 34.1. The molecule has 2 fully saturated rings. The lowest BCUT2D eigenvalue weighted by atomic mass is 9.81. The van der Waals surface area contributed by atoms with E-state index in [4.69, 9.17) is 20.9 Å². The molecule has 1 aliphatic carbocycles. The number of nitrogens with zero attached hydrogens (tertiary/aromatic N) is 3. The van der Waals surface area contributed by atoms with E-state index >= 15 is 4.39 Å². The Kier molecular flexibility index (Phi) is 8.98. The van der Waals surface area contributed by atoms with Crippen LogP contribution in [0.5, 0.6) is 11.5 Å². The highest BCUT2D eigenvalue weighted by atomic mass is 19.1. The van der Waals surface area contributed by atoms with Gasteiger partial charge < -0.3 is 41.0 Å². The van der Waals surface area contributed by atoms with Crippen molar-refractivity contribution in [2.45, 2.75) is 64.5 Å². The van der Waals surface area contributed by atoms with Gasteiger partial charge in [-0.25, -0.2) is 9.18 Å². The molecule has 1 saturated carbocycles. The predicted molar refractivity (Wildman–Crippen MR) is 196 cm³/mol. The highest BCUT2D eigenvalue weighted by Gasteiger charge is 2.35. The molecule has 7 rings (SSSR count). The Morgan fingerprint density at radius 1 is 1.08 bits per heavy atom. The predicted octanol–water partition coefficient (Wildman–Crippen LogP) is 5.30. The minimum absolute atomic E-state index is 0.0373. The van der Waals surface area contributed by atoms with Crippen molar-refractivity contribution in [2.24, 2.45) is 28.3 Å². The van der Waals surface area contributed by atoms with Crippen molar-refractivity contribution in [3.05, 3.63) is 70.3 Å². The van der Waals surface area contributed by atoms with E-state index in [1.54, 1.807) is 31.5 Å². The highest BCUT2D eigenvalue weighted by molar-refractivity contribution is 6.02. The number of rotatable bonds is 7. The number of ether oxygens (including phenoxy) is 2. The van der Waals surface area contributed by atoms with Gasteiger partial charge >= 0.3 is 6.09 Å². The van der Waals surface area contributed by atoms with Gasteiger partial charge in [-0.3, -0.25) is 14.6 Å². The van der Waals surface area contributed by atoms with E-state index in [0.29, 0.717) is 55.5 Å². The van der Waals surface area contributed by atoms with Gasteiger partial charge in [-0.1, -0.05) is 30.7 Å². The third kappa shape index (κ3) is 7.02. The first-order chi connectivity index (χ1) is 24.3. The molecule has 0 bridgehead atoms. The van der Waals surface area contributed by atoms with Crippen LogP contribution in [0.15, 0.2) is 58.4 Å². The number of anilines is 1. The smallest absolute Gasteiger partial charge is 0.407 e. The molecule has 0 spiro atoms. The molecule has 4 aromatic rings. The number of carbonyl (C=O) groups is 2. The number of alkyl carbamates (subject to hydrolysis) is 1. The molecule has 6 N–H and O–H groups in total. The molecule has 1 saturated heterocycles. The molecule has 2 aliphatic heterocycles. The average molecular weight is 698 g/mol. The molecule has 3 aliphatic rings. The van der Waals surface area contributed by atoms with E-state index in [0.717, 1.165) is 36.5 Å². The van der Waals surface area contributed by atoms with Crippen molar-refractivity contribution in [2.75, 3.05) is 31.1 Å². The third-order valence-corrected chi connectivity index (χ3v) is 9.91. The lowest BCUT2D eigenvalue weighted by Gasteiger charge is -2.30. The molecule has 3 heterocycles. The number of benzene rings is 3. The second-order valence-electron chi connectivity index (χ2n) is 14.9. The Balaban J connectivity index is 1.24. The van der Waals surface area contributed by atoms with Crippen LogP contribution >= 0.6 is 0 Å². The monoisotopic (exact) mass is 697 g/mol. The Morgan fingerprint density at radius 2 is 1.82 bits per heavy atom. The van der Waals surface area contributed by atoms with Crippen molar-refractivity contribution < 1.29 is 23.5 Å². The summed E-state index contributed by atoms with van der Waals surface area (Å²) in [5.41, 5.74) is 10.9. The van der Waals surface area contributed by atoms with Crippen LogP contribution in [-0.2, 0) is 4.74 Å². The molecule has 0 radical (unpaired) electrons. The Bertz CT molecular complexity index is 2120. The highest BCUT2D eigenvalue weighted by Crippen LogP contribution is 2.48. The molecule has 3 unspecified atom stereocenters. The third-order valence-electron chi connectivity index (χ3n) is 9.91. The van der Waals surface area contributed by atoms with Crippen molar-refractivity contribution in [3.8, 4) is 17.2 Å². The molecule has 1 aromatic heterocycles. The molecule has 13 heteroatoms. The number of pyridine rings is 1. The number of amides is 2. The van der Waals surface area contributed by atoms with Gasteiger partial charge in [-0.05, 0) is 87.3 Å². The van der Waals surface area contributed by atoms with Crippen LogP contribution in [0.1, 0.15) is 63.2 Å². The van der Waals surface area contributed by atoms with Gasteiger partial charge in [0, 0.05) is 32.4 Å². The number of carbonyl (C=O) groups excluding carboxylic acids is 2. The molecule has 51 heavy (non-hydrogen) atoms. The Morgan fingerprint density at radius 3 is 2.57 bits per heavy atom. The number of aromatic nitrogens is 1. The summed E-state index contributed by atoms with van der Waals surface area (Å²) in [5, 5.41) is 7.77. The van der Waals surface area contributed by atoms with Crippen LogP contribution in [0.25, 0.3) is 27.4 Å². The number of fused-ring (bicyclic) bond motifs is 3. The zero-order valence-corrected chi connectivity index (χ0v) is 29.1. The number of halogens is 1. The lowest BCUT2D eigenvalue weighted by Crippen LogP contribution is -2.40. The van der Waals surface area contributed by atoms with Crippen molar-refractivity contribution in [3.63, 3.8) is 0 Å². The quantitative estimate of drug-likeness (QED) is 0.131. The Labute approximate surface area is 295 Å². The minimum atomic E-state index is -0.658. The minimum Gasteiger partial charge on any atom is -0.451 e. The van der Waals surface area contributed by atoms with Gasteiger partial charge in [0.2, 0.25) is 5.43 Å². The molecular formula is C38H44FN7O5. The summed E-state index contributed by atoms with van der Waals surface area (Å²) in [6.07, 6.45) is 5.37. The maximum absolute atomic E-state index is 16.4. The fourth-order valence-corrected chi connectivity index (χ4v) is 7.62. The first-order valence-corrected chi connectivity index (χ1v) is 17.6. The molecular weight excluding hydrogens is 653 g/mol.